The molecule has 2 aromatic rings. The Hall–Kier alpha value is -1.87. The van der Waals surface area contributed by atoms with Gasteiger partial charge in [0.15, 0.2) is 0 Å². The van der Waals surface area contributed by atoms with Gasteiger partial charge in [0.2, 0.25) is 0 Å². The van der Waals surface area contributed by atoms with Crippen LogP contribution in [0.15, 0.2) is 42.5 Å². The standard InChI is InChI=1S/C15H16N2O/c18-11-12-10-15(17-8-4-1-5-9-17)16-14-7-3-2-6-13(12)14/h1-4,6-7,10,18H,5,8-9,11H2. The average Bonchev–Trinajstić information content (AvgIpc) is 2.47. The third-order valence-corrected chi connectivity index (χ3v) is 3.34. The maximum atomic E-state index is 9.50. The molecule has 1 aliphatic heterocycles. The summed E-state index contributed by atoms with van der Waals surface area (Å²) in [6, 6.07) is 9.97. The van der Waals surface area contributed by atoms with Crippen LogP contribution in [0.4, 0.5) is 5.82 Å². The maximum Gasteiger partial charge on any atom is 0.129 e. The Bertz CT molecular complexity index is 592. The maximum absolute atomic E-state index is 9.50. The van der Waals surface area contributed by atoms with E-state index in [1.54, 1.807) is 0 Å². The van der Waals surface area contributed by atoms with Crippen LogP contribution in [0, 0.1) is 0 Å². The molecule has 1 N–H and O–H groups in total. The van der Waals surface area contributed by atoms with E-state index >= 15 is 0 Å². The van der Waals surface area contributed by atoms with E-state index in [2.05, 4.69) is 22.0 Å². The molecule has 0 fully saturated rings. The number of fused-ring (bicyclic) bond motifs is 1. The first-order chi connectivity index (χ1) is 8.88. The Morgan fingerprint density at radius 3 is 2.89 bits per heavy atom. The second-order valence-corrected chi connectivity index (χ2v) is 4.52. The minimum absolute atomic E-state index is 0.0553. The van der Waals surface area contributed by atoms with Gasteiger partial charge in [-0.05, 0) is 24.1 Å². The number of nitrogens with zero attached hydrogens (tertiary/aromatic N) is 2. The quantitative estimate of drug-likeness (QED) is 0.819. The molecular formula is C15H16N2O. The molecule has 18 heavy (non-hydrogen) atoms. The van der Waals surface area contributed by atoms with E-state index in [0.29, 0.717) is 0 Å². The minimum atomic E-state index is 0.0553. The summed E-state index contributed by atoms with van der Waals surface area (Å²) >= 11 is 0. The highest BCUT2D eigenvalue weighted by atomic mass is 16.3. The predicted molar refractivity (Wildman–Crippen MR) is 73.6 cm³/mol. The van der Waals surface area contributed by atoms with Gasteiger partial charge in [0.1, 0.15) is 5.82 Å². The predicted octanol–water partition coefficient (Wildman–Crippen LogP) is 2.49. The fourth-order valence-corrected chi connectivity index (χ4v) is 2.37. The number of benzene rings is 1. The van der Waals surface area contributed by atoms with Crippen LogP contribution in [0.1, 0.15) is 12.0 Å². The lowest BCUT2D eigenvalue weighted by Gasteiger charge is -2.25. The number of para-hydroxylation sites is 1. The van der Waals surface area contributed by atoms with Crippen LogP contribution < -0.4 is 4.90 Å². The second-order valence-electron chi connectivity index (χ2n) is 4.52. The smallest absolute Gasteiger partial charge is 0.129 e. The summed E-state index contributed by atoms with van der Waals surface area (Å²) in [6.45, 7) is 1.95. The number of hydrogen-bond acceptors (Lipinski definition) is 3. The first kappa shape index (κ1) is 11.2. The molecule has 0 atom stereocenters. The van der Waals surface area contributed by atoms with Gasteiger partial charge < -0.3 is 10.0 Å². The van der Waals surface area contributed by atoms with Crippen molar-refractivity contribution >= 4 is 16.7 Å². The van der Waals surface area contributed by atoms with E-state index in [-0.39, 0.29) is 6.61 Å². The van der Waals surface area contributed by atoms with Gasteiger partial charge in [0.25, 0.3) is 0 Å². The first-order valence-corrected chi connectivity index (χ1v) is 6.28. The van der Waals surface area contributed by atoms with Gasteiger partial charge in [-0.2, -0.15) is 0 Å². The lowest BCUT2D eigenvalue weighted by molar-refractivity contribution is 0.283. The Morgan fingerprint density at radius 1 is 1.22 bits per heavy atom. The van der Waals surface area contributed by atoms with Gasteiger partial charge in [-0.1, -0.05) is 30.4 Å². The molecule has 1 aromatic heterocycles. The van der Waals surface area contributed by atoms with Gasteiger partial charge in [-0.3, -0.25) is 0 Å². The Labute approximate surface area is 106 Å². The van der Waals surface area contributed by atoms with Crippen molar-refractivity contribution in [3.63, 3.8) is 0 Å². The largest absolute Gasteiger partial charge is 0.392 e. The van der Waals surface area contributed by atoms with Crippen molar-refractivity contribution in [3.05, 3.63) is 48.0 Å². The van der Waals surface area contributed by atoms with E-state index in [9.17, 15) is 5.11 Å². The van der Waals surface area contributed by atoms with Gasteiger partial charge >= 0.3 is 0 Å². The molecule has 2 heterocycles. The Kier molecular flexibility index (Phi) is 2.99. The number of aromatic nitrogens is 1. The van der Waals surface area contributed by atoms with Gasteiger partial charge in [0.05, 0.1) is 12.1 Å². The van der Waals surface area contributed by atoms with Crippen molar-refractivity contribution in [1.82, 2.24) is 4.98 Å². The fourth-order valence-electron chi connectivity index (χ4n) is 2.37. The topological polar surface area (TPSA) is 36.4 Å². The number of anilines is 1. The molecule has 3 rings (SSSR count). The summed E-state index contributed by atoms with van der Waals surface area (Å²) in [5.74, 6) is 0.960. The van der Waals surface area contributed by atoms with Crippen LogP contribution in [0.5, 0.6) is 0 Å². The first-order valence-electron chi connectivity index (χ1n) is 6.28. The van der Waals surface area contributed by atoms with Crippen LogP contribution in [0.3, 0.4) is 0 Å². The lowest BCUT2D eigenvalue weighted by atomic mass is 10.1. The molecule has 3 heteroatoms. The Balaban J connectivity index is 2.10. The summed E-state index contributed by atoms with van der Waals surface area (Å²) in [4.78, 5) is 6.93. The molecular weight excluding hydrogens is 224 g/mol. The lowest BCUT2D eigenvalue weighted by Crippen LogP contribution is -2.27. The summed E-state index contributed by atoms with van der Waals surface area (Å²) in [6.07, 6.45) is 5.42. The summed E-state index contributed by atoms with van der Waals surface area (Å²) in [5.41, 5.74) is 1.90. The van der Waals surface area contributed by atoms with Crippen LogP contribution in [0.25, 0.3) is 10.9 Å². The minimum Gasteiger partial charge on any atom is -0.392 e. The summed E-state index contributed by atoms with van der Waals surface area (Å²) < 4.78 is 0. The van der Waals surface area contributed by atoms with Crippen molar-refractivity contribution in [2.75, 3.05) is 18.0 Å². The molecule has 0 amide bonds. The SMILES string of the molecule is OCc1cc(N2CC=CCC2)nc2ccccc12. The number of aliphatic hydroxyl groups excluding tert-OH is 1. The molecule has 0 saturated heterocycles. The third-order valence-electron chi connectivity index (χ3n) is 3.34. The molecule has 0 saturated carbocycles. The molecule has 0 aliphatic carbocycles. The average molecular weight is 240 g/mol. The van der Waals surface area contributed by atoms with Crippen LogP contribution in [-0.2, 0) is 6.61 Å². The van der Waals surface area contributed by atoms with E-state index < -0.39 is 0 Å². The van der Waals surface area contributed by atoms with Crippen LogP contribution in [0.2, 0.25) is 0 Å². The number of hydrogen-bond donors (Lipinski definition) is 1. The molecule has 1 aromatic carbocycles. The van der Waals surface area contributed by atoms with Crippen molar-refractivity contribution < 1.29 is 5.11 Å². The number of rotatable bonds is 2. The molecule has 0 bridgehead atoms. The van der Waals surface area contributed by atoms with Gasteiger partial charge in [-0.25, -0.2) is 4.98 Å². The van der Waals surface area contributed by atoms with Crippen LogP contribution >= 0.6 is 0 Å². The molecule has 1 aliphatic rings. The number of aliphatic hydroxyl groups is 1. The van der Waals surface area contributed by atoms with E-state index in [1.165, 1.54) is 0 Å². The molecule has 0 unspecified atom stereocenters. The normalized spacial score (nSPS) is 15.3. The fraction of sp³-hybridized carbons (Fsp3) is 0.267. The van der Waals surface area contributed by atoms with Crippen molar-refractivity contribution in [3.8, 4) is 0 Å². The third kappa shape index (κ3) is 1.97. The number of pyridine rings is 1. The van der Waals surface area contributed by atoms with E-state index in [4.69, 9.17) is 0 Å². The van der Waals surface area contributed by atoms with Crippen molar-refractivity contribution in [2.45, 2.75) is 13.0 Å². The zero-order valence-corrected chi connectivity index (χ0v) is 10.2. The zero-order valence-electron chi connectivity index (χ0n) is 10.2. The van der Waals surface area contributed by atoms with E-state index in [1.807, 2.05) is 30.3 Å². The van der Waals surface area contributed by atoms with Gasteiger partial charge in [-0.15, -0.1) is 0 Å². The molecule has 0 spiro atoms. The Morgan fingerprint density at radius 2 is 2.11 bits per heavy atom. The van der Waals surface area contributed by atoms with E-state index in [0.717, 1.165) is 41.8 Å². The highest BCUT2D eigenvalue weighted by Gasteiger charge is 2.11. The highest BCUT2D eigenvalue weighted by Crippen LogP contribution is 2.24. The highest BCUT2D eigenvalue weighted by molar-refractivity contribution is 5.84. The summed E-state index contributed by atoms with van der Waals surface area (Å²) in [7, 11) is 0. The monoisotopic (exact) mass is 240 g/mol. The van der Waals surface area contributed by atoms with Gasteiger partial charge in [0, 0.05) is 18.5 Å². The van der Waals surface area contributed by atoms with Crippen molar-refractivity contribution in [2.24, 2.45) is 0 Å². The van der Waals surface area contributed by atoms with Crippen LogP contribution in [-0.4, -0.2) is 23.2 Å². The second kappa shape index (κ2) is 4.78. The zero-order chi connectivity index (χ0) is 12.4. The van der Waals surface area contributed by atoms with Crippen molar-refractivity contribution in [1.29, 1.82) is 0 Å². The molecule has 0 radical (unpaired) electrons. The molecule has 3 nitrogen and oxygen atoms in total. The summed E-state index contributed by atoms with van der Waals surface area (Å²) in [5, 5.41) is 10.5. The molecule has 92 valence electrons.